The largest absolute Gasteiger partial charge is 0.389 e. The Kier molecular flexibility index (Phi) is 6.77. The molecule has 0 spiro atoms. The Hall–Kier alpha value is -1.17. The average molecular weight is 281 g/mol. The highest BCUT2D eigenvalue weighted by Gasteiger charge is 2.02. The molecule has 4 nitrogen and oxygen atoms in total. The van der Waals surface area contributed by atoms with Crippen molar-refractivity contribution in [1.29, 1.82) is 0 Å². The molecule has 0 saturated carbocycles. The van der Waals surface area contributed by atoms with E-state index in [4.69, 9.17) is 22.7 Å². The number of anilines is 1. The van der Waals surface area contributed by atoms with E-state index in [1.807, 2.05) is 39.2 Å². The van der Waals surface area contributed by atoms with Crippen molar-refractivity contribution in [3.05, 3.63) is 29.3 Å². The summed E-state index contributed by atoms with van der Waals surface area (Å²) < 4.78 is 5.51. The quantitative estimate of drug-likeness (QED) is 0.560. The summed E-state index contributed by atoms with van der Waals surface area (Å²) in [5, 5.41) is 3.32. The smallest absolute Gasteiger partial charge is 0.104 e. The number of hydrogen-bond donors (Lipinski definition) is 2. The summed E-state index contributed by atoms with van der Waals surface area (Å²) in [7, 11) is 4.07. The highest BCUT2D eigenvalue weighted by Crippen LogP contribution is 2.14. The molecule has 1 aromatic carbocycles. The lowest BCUT2D eigenvalue weighted by Crippen LogP contribution is -2.20. The van der Waals surface area contributed by atoms with Gasteiger partial charge in [0.1, 0.15) is 4.99 Å². The minimum Gasteiger partial charge on any atom is -0.389 e. The van der Waals surface area contributed by atoms with E-state index in [0.717, 1.165) is 36.5 Å². The highest BCUT2D eigenvalue weighted by atomic mass is 32.1. The fraction of sp³-hybridized carbons (Fsp3) is 0.500. The molecule has 0 saturated heterocycles. The van der Waals surface area contributed by atoms with Crippen LogP contribution in [0.25, 0.3) is 0 Å². The van der Waals surface area contributed by atoms with Crippen LogP contribution in [0.1, 0.15) is 11.1 Å². The normalized spacial score (nSPS) is 10.7. The van der Waals surface area contributed by atoms with Gasteiger partial charge in [-0.25, -0.2) is 0 Å². The van der Waals surface area contributed by atoms with Crippen molar-refractivity contribution < 1.29 is 4.74 Å². The Morgan fingerprint density at radius 2 is 2.11 bits per heavy atom. The second kappa shape index (κ2) is 8.09. The van der Waals surface area contributed by atoms with Gasteiger partial charge in [-0.3, -0.25) is 0 Å². The summed E-state index contributed by atoms with van der Waals surface area (Å²) in [5.74, 6) is 0. The topological polar surface area (TPSA) is 50.5 Å². The predicted octanol–water partition coefficient (Wildman–Crippen LogP) is 1.62. The first-order chi connectivity index (χ1) is 9.00. The summed E-state index contributed by atoms with van der Waals surface area (Å²) >= 11 is 4.98. The molecule has 0 unspecified atom stereocenters. The maximum Gasteiger partial charge on any atom is 0.104 e. The predicted molar refractivity (Wildman–Crippen MR) is 84.9 cm³/mol. The molecule has 0 aliphatic rings. The van der Waals surface area contributed by atoms with Crippen molar-refractivity contribution in [2.45, 2.75) is 6.92 Å². The van der Waals surface area contributed by atoms with Crippen LogP contribution in [-0.4, -0.2) is 50.3 Å². The van der Waals surface area contributed by atoms with Gasteiger partial charge in [0.15, 0.2) is 0 Å². The summed E-state index contributed by atoms with van der Waals surface area (Å²) in [4.78, 5) is 2.54. The van der Waals surface area contributed by atoms with Crippen LogP contribution in [0.3, 0.4) is 0 Å². The van der Waals surface area contributed by atoms with E-state index in [1.54, 1.807) is 0 Å². The van der Waals surface area contributed by atoms with Crippen LogP contribution in [0.4, 0.5) is 5.69 Å². The van der Waals surface area contributed by atoms with Gasteiger partial charge in [-0.05, 0) is 44.8 Å². The first-order valence-corrected chi connectivity index (χ1v) is 6.78. The zero-order valence-corrected chi connectivity index (χ0v) is 12.7. The number of hydrogen-bond acceptors (Lipinski definition) is 4. The van der Waals surface area contributed by atoms with E-state index >= 15 is 0 Å². The number of rotatable bonds is 8. The summed E-state index contributed by atoms with van der Waals surface area (Å²) in [6, 6.07) is 5.99. The van der Waals surface area contributed by atoms with Gasteiger partial charge in [-0.2, -0.15) is 0 Å². The monoisotopic (exact) mass is 281 g/mol. The third-order valence-electron chi connectivity index (χ3n) is 2.75. The first-order valence-electron chi connectivity index (χ1n) is 6.37. The van der Waals surface area contributed by atoms with Crippen molar-refractivity contribution in [2.24, 2.45) is 5.73 Å². The Labute approximate surface area is 120 Å². The first kappa shape index (κ1) is 15.9. The minimum atomic E-state index is 0.441. The Morgan fingerprint density at radius 3 is 2.68 bits per heavy atom. The summed E-state index contributed by atoms with van der Waals surface area (Å²) in [6.07, 6.45) is 0. The molecule has 0 amide bonds. The number of nitrogens with zero attached hydrogens (tertiary/aromatic N) is 1. The minimum absolute atomic E-state index is 0.441. The van der Waals surface area contributed by atoms with E-state index < -0.39 is 0 Å². The van der Waals surface area contributed by atoms with Crippen LogP contribution in [0, 0.1) is 6.92 Å². The molecule has 3 N–H and O–H groups in total. The number of likely N-dealkylation sites (N-methyl/N-ethyl adjacent to an activating group) is 1. The maximum atomic E-state index is 5.63. The van der Waals surface area contributed by atoms with Crippen LogP contribution < -0.4 is 11.1 Å². The lowest BCUT2D eigenvalue weighted by molar-refractivity contribution is 0.126. The number of thiocarbonyl (C=S) groups is 1. The van der Waals surface area contributed by atoms with Crippen LogP contribution in [0.5, 0.6) is 0 Å². The fourth-order valence-electron chi connectivity index (χ4n) is 1.67. The molecule has 5 heteroatoms. The molecule has 0 atom stereocenters. The molecule has 1 rings (SSSR count). The van der Waals surface area contributed by atoms with Gasteiger partial charge in [-0.1, -0.05) is 12.2 Å². The van der Waals surface area contributed by atoms with E-state index in [-0.39, 0.29) is 0 Å². The van der Waals surface area contributed by atoms with Gasteiger partial charge in [0.2, 0.25) is 0 Å². The van der Waals surface area contributed by atoms with Gasteiger partial charge in [0.25, 0.3) is 0 Å². The molecule has 0 radical (unpaired) electrons. The zero-order valence-electron chi connectivity index (χ0n) is 11.9. The van der Waals surface area contributed by atoms with Gasteiger partial charge >= 0.3 is 0 Å². The van der Waals surface area contributed by atoms with Gasteiger partial charge in [0, 0.05) is 24.3 Å². The van der Waals surface area contributed by atoms with Gasteiger partial charge in [0.05, 0.1) is 13.2 Å². The van der Waals surface area contributed by atoms with E-state index in [1.165, 1.54) is 0 Å². The number of benzene rings is 1. The van der Waals surface area contributed by atoms with E-state index in [2.05, 4.69) is 10.2 Å². The molecule has 19 heavy (non-hydrogen) atoms. The maximum absolute atomic E-state index is 5.63. The molecule has 0 aromatic heterocycles. The molecule has 0 aliphatic carbocycles. The van der Waals surface area contributed by atoms with E-state index in [0.29, 0.717) is 11.6 Å². The molecular weight excluding hydrogens is 258 g/mol. The number of nitrogens with two attached hydrogens (primary N) is 1. The fourth-order valence-corrected chi connectivity index (χ4v) is 1.90. The van der Waals surface area contributed by atoms with Crippen LogP contribution >= 0.6 is 12.2 Å². The van der Waals surface area contributed by atoms with Crippen molar-refractivity contribution in [3.8, 4) is 0 Å². The highest BCUT2D eigenvalue weighted by molar-refractivity contribution is 7.80. The third-order valence-corrected chi connectivity index (χ3v) is 2.97. The molecule has 0 fully saturated rings. The summed E-state index contributed by atoms with van der Waals surface area (Å²) in [6.45, 7) is 5.20. The van der Waals surface area contributed by atoms with Crippen molar-refractivity contribution >= 4 is 22.9 Å². The van der Waals surface area contributed by atoms with E-state index in [9.17, 15) is 0 Å². The second-order valence-corrected chi connectivity index (χ2v) is 5.18. The van der Waals surface area contributed by atoms with Gasteiger partial charge < -0.3 is 20.7 Å². The average Bonchev–Trinajstić information content (AvgIpc) is 2.32. The SMILES string of the molecule is Cc1cc(NCCOCCN(C)C)ccc1C(N)=S. The summed E-state index contributed by atoms with van der Waals surface area (Å²) in [5.41, 5.74) is 8.72. The molecular formula is C14H23N3OS. The Balaban J connectivity index is 2.30. The lowest BCUT2D eigenvalue weighted by Gasteiger charge is -2.12. The standard InChI is InChI=1S/C14H23N3OS/c1-11-10-12(4-5-13(11)14(15)19)16-6-8-18-9-7-17(2)3/h4-5,10,16H,6-9H2,1-3H3,(H2,15,19). The van der Waals surface area contributed by atoms with Crippen LogP contribution in [-0.2, 0) is 4.74 Å². The molecule has 0 heterocycles. The van der Waals surface area contributed by atoms with Crippen molar-refractivity contribution in [2.75, 3.05) is 45.7 Å². The number of ether oxygens (including phenoxy) is 1. The zero-order chi connectivity index (χ0) is 14.3. The molecule has 1 aromatic rings. The lowest BCUT2D eigenvalue weighted by atomic mass is 10.1. The van der Waals surface area contributed by atoms with Crippen LogP contribution in [0.15, 0.2) is 18.2 Å². The number of aryl methyl sites for hydroxylation is 1. The van der Waals surface area contributed by atoms with Gasteiger partial charge in [-0.15, -0.1) is 0 Å². The molecule has 0 bridgehead atoms. The second-order valence-electron chi connectivity index (χ2n) is 4.74. The third kappa shape index (κ3) is 6.00. The Morgan fingerprint density at radius 1 is 1.37 bits per heavy atom. The Bertz CT molecular complexity index is 421. The molecule has 0 aliphatic heterocycles. The molecule has 106 valence electrons. The van der Waals surface area contributed by atoms with Crippen molar-refractivity contribution in [3.63, 3.8) is 0 Å². The van der Waals surface area contributed by atoms with Crippen LogP contribution in [0.2, 0.25) is 0 Å². The van der Waals surface area contributed by atoms with Crippen molar-refractivity contribution in [1.82, 2.24) is 4.90 Å². The number of nitrogens with one attached hydrogen (secondary N) is 1.